The summed E-state index contributed by atoms with van der Waals surface area (Å²) in [4.78, 5) is 1.33. The molecular formula is C10H13BrS. The van der Waals surface area contributed by atoms with Gasteiger partial charge in [0.15, 0.2) is 0 Å². The highest BCUT2D eigenvalue weighted by molar-refractivity contribution is 9.10. The van der Waals surface area contributed by atoms with Crippen molar-refractivity contribution in [1.29, 1.82) is 0 Å². The predicted octanol–water partition coefficient (Wildman–Crippen LogP) is 4.29. The Balaban J connectivity index is 3.06. The van der Waals surface area contributed by atoms with E-state index in [2.05, 4.69) is 54.2 Å². The first-order valence-corrected chi connectivity index (χ1v) is 5.99. The number of hydrogen-bond donors (Lipinski definition) is 0. The van der Waals surface area contributed by atoms with Gasteiger partial charge in [0.05, 0.1) is 0 Å². The van der Waals surface area contributed by atoms with Gasteiger partial charge in [0, 0.05) is 9.37 Å². The maximum absolute atomic E-state index is 3.51. The zero-order valence-electron chi connectivity index (χ0n) is 7.60. The number of rotatable bonds is 2. The molecule has 0 aliphatic carbocycles. The zero-order valence-corrected chi connectivity index (χ0v) is 10.00. The van der Waals surface area contributed by atoms with Crippen LogP contribution in [0.3, 0.4) is 0 Å². The second kappa shape index (κ2) is 4.33. The molecule has 0 aromatic heterocycles. The maximum atomic E-state index is 3.51. The van der Waals surface area contributed by atoms with Gasteiger partial charge in [0.25, 0.3) is 0 Å². The molecule has 1 aromatic carbocycles. The number of thioether (sulfide) groups is 1. The minimum Gasteiger partial charge on any atom is -0.130 e. The molecule has 0 atom stereocenters. The predicted molar refractivity (Wildman–Crippen MR) is 60.0 cm³/mol. The Labute approximate surface area is 86.9 Å². The van der Waals surface area contributed by atoms with Gasteiger partial charge in [-0.2, -0.15) is 0 Å². The fourth-order valence-electron chi connectivity index (χ4n) is 1.04. The lowest BCUT2D eigenvalue weighted by atomic mass is 10.0. The normalized spacial score (nSPS) is 10.8. The van der Waals surface area contributed by atoms with Crippen LogP contribution in [0.2, 0.25) is 0 Å². The van der Waals surface area contributed by atoms with Crippen molar-refractivity contribution in [2.24, 2.45) is 0 Å². The molecule has 0 heterocycles. The maximum Gasteiger partial charge on any atom is 0.0189 e. The first kappa shape index (κ1) is 10.1. The van der Waals surface area contributed by atoms with E-state index in [1.807, 2.05) is 0 Å². The Morgan fingerprint density at radius 2 is 1.92 bits per heavy atom. The van der Waals surface area contributed by atoms with Crippen LogP contribution in [0.4, 0.5) is 0 Å². The van der Waals surface area contributed by atoms with Crippen LogP contribution in [0, 0.1) is 0 Å². The van der Waals surface area contributed by atoms with Crippen LogP contribution in [-0.4, -0.2) is 6.26 Å². The van der Waals surface area contributed by atoms with Crippen molar-refractivity contribution in [3.05, 3.63) is 28.2 Å². The van der Waals surface area contributed by atoms with E-state index in [1.165, 1.54) is 14.9 Å². The first-order valence-electron chi connectivity index (χ1n) is 3.98. The van der Waals surface area contributed by atoms with Gasteiger partial charge in [-0.05, 0) is 35.9 Å². The van der Waals surface area contributed by atoms with Crippen molar-refractivity contribution in [2.45, 2.75) is 24.7 Å². The van der Waals surface area contributed by atoms with Crippen molar-refractivity contribution in [3.8, 4) is 0 Å². The Bertz CT molecular complexity index is 269. The molecule has 0 nitrogen and oxygen atoms in total. The van der Waals surface area contributed by atoms with Crippen LogP contribution in [0.1, 0.15) is 25.3 Å². The quantitative estimate of drug-likeness (QED) is 0.700. The average molecular weight is 245 g/mol. The van der Waals surface area contributed by atoms with Crippen molar-refractivity contribution in [3.63, 3.8) is 0 Å². The Morgan fingerprint density at radius 1 is 1.25 bits per heavy atom. The van der Waals surface area contributed by atoms with Gasteiger partial charge < -0.3 is 0 Å². The monoisotopic (exact) mass is 244 g/mol. The van der Waals surface area contributed by atoms with Crippen molar-refractivity contribution in [2.75, 3.05) is 6.26 Å². The van der Waals surface area contributed by atoms with E-state index >= 15 is 0 Å². The summed E-state index contributed by atoms with van der Waals surface area (Å²) < 4.78 is 1.18. The van der Waals surface area contributed by atoms with Gasteiger partial charge in [-0.1, -0.05) is 29.8 Å². The molecule has 0 unspecified atom stereocenters. The molecule has 66 valence electrons. The lowest BCUT2D eigenvalue weighted by Crippen LogP contribution is -1.87. The summed E-state index contributed by atoms with van der Waals surface area (Å²) in [6.07, 6.45) is 2.10. The minimum atomic E-state index is 0.605. The molecule has 1 aromatic rings. The summed E-state index contributed by atoms with van der Waals surface area (Å²) in [5, 5.41) is 0. The van der Waals surface area contributed by atoms with Crippen LogP contribution in [0.15, 0.2) is 27.6 Å². The highest BCUT2D eigenvalue weighted by Gasteiger charge is 2.01. The average Bonchev–Trinajstić information content (AvgIpc) is 2.03. The molecule has 12 heavy (non-hydrogen) atoms. The second-order valence-electron chi connectivity index (χ2n) is 3.08. The van der Waals surface area contributed by atoms with Crippen LogP contribution >= 0.6 is 27.7 Å². The Kier molecular flexibility index (Phi) is 3.66. The van der Waals surface area contributed by atoms with Crippen molar-refractivity contribution in [1.82, 2.24) is 0 Å². The summed E-state index contributed by atoms with van der Waals surface area (Å²) >= 11 is 5.29. The van der Waals surface area contributed by atoms with Crippen molar-refractivity contribution < 1.29 is 0 Å². The zero-order chi connectivity index (χ0) is 9.14. The molecule has 0 amide bonds. The highest BCUT2D eigenvalue weighted by Crippen LogP contribution is 2.26. The lowest BCUT2D eigenvalue weighted by Gasteiger charge is -2.07. The smallest absolute Gasteiger partial charge is 0.0189 e. The number of benzene rings is 1. The Morgan fingerprint density at radius 3 is 2.42 bits per heavy atom. The van der Waals surface area contributed by atoms with Gasteiger partial charge in [-0.25, -0.2) is 0 Å². The topological polar surface area (TPSA) is 0 Å². The first-order chi connectivity index (χ1) is 5.63. The summed E-state index contributed by atoms with van der Waals surface area (Å²) in [6.45, 7) is 4.43. The van der Waals surface area contributed by atoms with Gasteiger partial charge >= 0.3 is 0 Å². The molecule has 2 heteroatoms. The molecule has 0 fully saturated rings. The molecule has 0 bridgehead atoms. The van der Waals surface area contributed by atoms with E-state index in [0.29, 0.717) is 5.92 Å². The molecule has 0 aliphatic heterocycles. The number of hydrogen-bond acceptors (Lipinski definition) is 1. The summed E-state index contributed by atoms with van der Waals surface area (Å²) in [5.41, 5.74) is 1.40. The van der Waals surface area contributed by atoms with E-state index in [0.717, 1.165) is 0 Å². The molecule has 0 spiro atoms. The molecule has 0 saturated carbocycles. The fourth-order valence-corrected chi connectivity index (χ4v) is 2.20. The summed E-state index contributed by atoms with van der Waals surface area (Å²) in [5.74, 6) is 0.605. The summed E-state index contributed by atoms with van der Waals surface area (Å²) in [6, 6.07) is 6.58. The fraction of sp³-hybridized carbons (Fsp3) is 0.400. The standard InChI is InChI=1S/C10H13BrS/c1-7(2)8-4-9(11)6-10(5-8)12-3/h4-7H,1-3H3. The van der Waals surface area contributed by atoms with Crippen LogP contribution in [0.25, 0.3) is 0 Å². The second-order valence-corrected chi connectivity index (χ2v) is 4.87. The molecule has 1 rings (SSSR count). The van der Waals surface area contributed by atoms with Gasteiger partial charge in [-0.3, -0.25) is 0 Å². The van der Waals surface area contributed by atoms with Gasteiger partial charge in [0.2, 0.25) is 0 Å². The molecule has 0 radical (unpaired) electrons. The Hall–Kier alpha value is 0.0500. The molecule has 0 N–H and O–H groups in total. The van der Waals surface area contributed by atoms with E-state index in [1.54, 1.807) is 11.8 Å². The summed E-state index contributed by atoms with van der Waals surface area (Å²) in [7, 11) is 0. The molecular weight excluding hydrogens is 232 g/mol. The molecule has 0 aliphatic rings. The number of halogens is 1. The van der Waals surface area contributed by atoms with Crippen LogP contribution < -0.4 is 0 Å². The minimum absolute atomic E-state index is 0.605. The lowest BCUT2D eigenvalue weighted by molar-refractivity contribution is 0.861. The third kappa shape index (κ3) is 2.53. The van der Waals surface area contributed by atoms with E-state index < -0.39 is 0 Å². The SMILES string of the molecule is CSc1cc(Br)cc(C(C)C)c1. The van der Waals surface area contributed by atoms with E-state index in [4.69, 9.17) is 0 Å². The van der Waals surface area contributed by atoms with Crippen LogP contribution in [-0.2, 0) is 0 Å². The van der Waals surface area contributed by atoms with Gasteiger partial charge in [-0.15, -0.1) is 11.8 Å². The van der Waals surface area contributed by atoms with Crippen molar-refractivity contribution >= 4 is 27.7 Å². The van der Waals surface area contributed by atoms with Crippen LogP contribution in [0.5, 0.6) is 0 Å². The highest BCUT2D eigenvalue weighted by atomic mass is 79.9. The van der Waals surface area contributed by atoms with E-state index in [9.17, 15) is 0 Å². The largest absolute Gasteiger partial charge is 0.130 e. The third-order valence-electron chi connectivity index (χ3n) is 1.80. The van der Waals surface area contributed by atoms with Gasteiger partial charge in [0.1, 0.15) is 0 Å². The van der Waals surface area contributed by atoms with E-state index in [-0.39, 0.29) is 0 Å². The third-order valence-corrected chi connectivity index (χ3v) is 2.96. The molecule has 0 saturated heterocycles.